The molecular weight excluding hydrogens is 474 g/mol. The van der Waals surface area contributed by atoms with E-state index in [-0.39, 0.29) is 10.8 Å². The molecule has 2 aromatic heterocycles. The second-order valence-electron chi connectivity index (χ2n) is 9.15. The fraction of sp³-hybridized carbons (Fsp3) is 0.269. The van der Waals surface area contributed by atoms with Gasteiger partial charge in [-0.3, -0.25) is 4.98 Å². The van der Waals surface area contributed by atoms with Gasteiger partial charge in [-0.15, -0.1) is 0 Å². The van der Waals surface area contributed by atoms with Crippen molar-refractivity contribution in [1.29, 1.82) is 0 Å². The minimum Gasteiger partial charge on any atom is -0.369 e. The monoisotopic (exact) mass is 501 g/mol. The van der Waals surface area contributed by atoms with Crippen LogP contribution in [0, 0.1) is 0 Å². The fourth-order valence-corrected chi connectivity index (χ4v) is 6.54. The van der Waals surface area contributed by atoms with Gasteiger partial charge in [0.2, 0.25) is 5.95 Å². The Labute approximate surface area is 210 Å². The maximum atomic E-state index is 13.8. The van der Waals surface area contributed by atoms with Crippen LogP contribution in [0.3, 0.4) is 0 Å². The van der Waals surface area contributed by atoms with Gasteiger partial charge in [-0.05, 0) is 36.4 Å². The lowest BCUT2D eigenvalue weighted by molar-refractivity contribution is 0.589. The third kappa shape index (κ3) is 4.02. The van der Waals surface area contributed by atoms with E-state index in [4.69, 9.17) is 0 Å². The Morgan fingerprint density at radius 2 is 1.78 bits per heavy atom. The van der Waals surface area contributed by atoms with Crippen LogP contribution in [0.15, 0.2) is 71.9 Å². The SMILES string of the molecule is CC1CN(S(=O)(=O)c2cccc3cccnc23)c2nc(Nc3ccc(N4CCNCC4)cc3)ncc21. The van der Waals surface area contributed by atoms with Crippen molar-refractivity contribution in [2.75, 3.05) is 47.2 Å². The van der Waals surface area contributed by atoms with Gasteiger partial charge < -0.3 is 15.5 Å². The van der Waals surface area contributed by atoms with Crippen LogP contribution in [0.4, 0.5) is 23.1 Å². The van der Waals surface area contributed by atoms with E-state index in [0.29, 0.717) is 23.8 Å². The molecule has 0 spiro atoms. The molecule has 2 aliphatic rings. The summed E-state index contributed by atoms with van der Waals surface area (Å²) in [6.07, 6.45) is 3.33. The molecule has 0 amide bonds. The Hall–Kier alpha value is -3.76. The van der Waals surface area contributed by atoms with Gasteiger partial charge in [-0.2, -0.15) is 4.98 Å². The summed E-state index contributed by atoms with van der Waals surface area (Å²) in [5.41, 5.74) is 3.28. The van der Waals surface area contributed by atoms with Crippen molar-refractivity contribution in [1.82, 2.24) is 20.3 Å². The number of rotatable bonds is 5. The largest absolute Gasteiger partial charge is 0.369 e. The molecule has 2 N–H and O–H groups in total. The number of anilines is 4. The Morgan fingerprint density at radius 3 is 2.58 bits per heavy atom. The first kappa shape index (κ1) is 22.7. The van der Waals surface area contributed by atoms with Crippen molar-refractivity contribution in [3.05, 3.63) is 72.6 Å². The number of benzene rings is 2. The van der Waals surface area contributed by atoms with E-state index < -0.39 is 10.0 Å². The normalized spacial score (nSPS) is 17.9. The molecule has 9 nitrogen and oxygen atoms in total. The Bertz CT molecular complexity index is 1510. The summed E-state index contributed by atoms with van der Waals surface area (Å²) < 4.78 is 29.0. The van der Waals surface area contributed by atoms with E-state index in [1.807, 2.05) is 31.2 Å². The lowest BCUT2D eigenvalue weighted by Crippen LogP contribution is -2.43. The summed E-state index contributed by atoms with van der Waals surface area (Å²) in [7, 11) is -3.88. The molecule has 0 radical (unpaired) electrons. The van der Waals surface area contributed by atoms with Crippen LogP contribution < -0.4 is 19.8 Å². The number of sulfonamides is 1. The molecule has 1 unspecified atom stereocenters. The molecule has 2 aliphatic heterocycles. The molecule has 0 aliphatic carbocycles. The average Bonchev–Trinajstić information content (AvgIpc) is 3.25. The highest BCUT2D eigenvalue weighted by Gasteiger charge is 2.37. The van der Waals surface area contributed by atoms with Crippen LogP contribution in [0.25, 0.3) is 10.9 Å². The highest BCUT2D eigenvalue weighted by molar-refractivity contribution is 7.93. The summed E-state index contributed by atoms with van der Waals surface area (Å²) in [6.45, 7) is 6.22. The van der Waals surface area contributed by atoms with Gasteiger partial charge in [0, 0.05) is 73.4 Å². The lowest BCUT2D eigenvalue weighted by atomic mass is 10.1. The van der Waals surface area contributed by atoms with E-state index >= 15 is 0 Å². The number of piperazine rings is 1. The Kier molecular flexibility index (Phi) is 5.69. The summed E-state index contributed by atoms with van der Waals surface area (Å²) in [5, 5.41) is 7.38. The maximum Gasteiger partial charge on any atom is 0.267 e. The van der Waals surface area contributed by atoms with Gasteiger partial charge in [-0.25, -0.2) is 17.7 Å². The molecule has 0 bridgehead atoms. The summed E-state index contributed by atoms with van der Waals surface area (Å²) in [5.74, 6) is 0.740. The van der Waals surface area contributed by atoms with E-state index in [2.05, 4.69) is 42.6 Å². The molecule has 6 rings (SSSR count). The molecule has 1 atom stereocenters. The van der Waals surface area contributed by atoms with Crippen LogP contribution >= 0.6 is 0 Å². The molecule has 1 fully saturated rings. The van der Waals surface area contributed by atoms with E-state index in [0.717, 1.165) is 42.8 Å². The number of nitrogens with one attached hydrogen (secondary N) is 2. The molecular formula is C26H27N7O2S. The summed E-state index contributed by atoms with van der Waals surface area (Å²) in [6, 6.07) is 17.0. The minimum atomic E-state index is -3.88. The number of nitrogens with zero attached hydrogens (tertiary/aromatic N) is 5. The second kappa shape index (κ2) is 9.03. The molecule has 10 heteroatoms. The first-order valence-corrected chi connectivity index (χ1v) is 13.5. The molecule has 1 saturated heterocycles. The first-order chi connectivity index (χ1) is 17.5. The zero-order valence-electron chi connectivity index (χ0n) is 19.9. The van der Waals surface area contributed by atoms with Gasteiger partial charge in [0.15, 0.2) is 5.82 Å². The van der Waals surface area contributed by atoms with Crippen LogP contribution in [-0.2, 0) is 10.0 Å². The number of aromatic nitrogens is 3. The van der Waals surface area contributed by atoms with Crippen LogP contribution in [0.5, 0.6) is 0 Å². The zero-order valence-corrected chi connectivity index (χ0v) is 20.7. The molecule has 36 heavy (non-hydrogen) atoms. The van der Waals surface area contributed by atoms with Crippen molar-refractivity contribution in [3.8, 4) is 0 Å². The number of fused-ring (bicyclic) bond motifs is 2. The minimum absolute atomic E-state index is 0.0231. The summed E-state index contributed by atoms with van der Waals surface area (Å²) >= 11 is 0. The number of hydrogen-bond acceptors (Lipinski definition) is 8. The van der Waals surface area contributed by atoms with Crippen molar-refractivity contribution < 1.29 is 8.42 Å². The van der Waals surface area contributed by atoms with Gasteiger partial charge in [0.05, 0.1) is 5.52 Å². The molecule has 184 valence electrons. The first-order valence-electron chi connectivity index (χ1n) is 12.1. The van der Waals surface area contributed by atoms with Crippen LogP contribution in [0.1, 0.15) is 18.4 Å². The third-order valence-corrected chi connectivity index (χ3v) is 8.56. The van der Waals surface area contributed by atoms with Crippen molar-refractivity contribution in [3.63, 3.8) is 0 Å². The molecule has 0 saturated carbocycles. The number of pyridine rings is 1. The van der Waals surface area contributed by atoms with Crippen molar-refractivity contribution >= 4 is 44.1 Å². The van der Waals surface area contributed by atoms with Gasteiger partial charge in [0.1, 0.15) is 4.90 Å². The molecule has 2 aromatic carbocycles. The van der Waals surface area contributed by atoms with E-state index in [1.165, 1.54) is 9.99 Å². The van der Waals surface area contributed by atoms with E-state index in [1.54, 1.807) is 30.6 Å². The second-order valence-corrected chi connectivity index (χ2v) is 11.0. The quantitative estimate of drug-likeness (QED) is 0.428. The fourth-order valence-electron chi connectivity index (χ4n) is 4.85. The highest BCUT2D eigenvalue weighted by Crippen LogP contribution is 2.39. The summed E-state index contributed by atoms with van der Waals surface area (Å²) in [4.78, 5) is 16.0. The third-order valence-electron chi connectivity index (χ3n) is 6.77. The van der Waals surface area contributed by atoms with Gasteiger partial charge in [-0.1, -0.05) is 25.1 Å². The van der Waals surface area contributed by atoms with E-state index in [9.17, 15) is 8.42 Å². The Morgan fingerprint density at radius 1 is 1.00 bits per heavy atom. The molecule has 4 heterocycles. The van der Waals surface area contributed by atoms with Crippen molar-refractivity contribution in [2.45, 2.75) is 17.7 Å². The predicted octanol–water partition coefficient (Wildman–Crippen LogP) is 3.49. The van der Waals surface area contributed by atoms with Gasteiger partial charge in [0.25, 0.3) is 10.0 Å². The topological polar surface area (TPSA) is 103 Å². The lowest BCUT2D eigenvalue weighted by Gasteiger charge is -2.29. The van der Waals surface area contributed by atoms with Gasteiger partial charge >= 0.3 is 0 Å². The van der Waals surface area contributed by atoms with Crippen LogP contribution in [-0.4, -0.2) is 56.1 Å². The average molecular weight is 502 g/mol. The van der Waals surface area contributed by atoms with Crippen LogP contribution in [0.2, 0.25) is 0 Å². The predicted molar refractivity (Wildman–Crippen MR) is 142 cm³/mol. The number of hydrogen-bond donors (Lipinski definition) is 2. The molecule has 4 aromatic rings. The maximum absolute atomic E-state index is 13.8. The zero-order chi connectivity index (χ0) is 24.7. The standard InChI is InChI=1S/C26H27N7O2S/c1-18-17-33(36(34,35)23-6-2-4-19-5-3-11-28-24(19)23)25-22(18)16-29-26(31-25)30-20-7-9-21(10-8-20)32-14-12-27-13-15-32/h2-11,16,18,27H,12-15,17H2,1H3,(H,29,30,31). The van der Waals surface area contributed by atoms with Crippen molar-refractivity contribution in [2.24, 2.45) is 0 Å². The number of para-hydroxylation sites is 1. The highest BCUT2D eigenvalue weighted by atomic mass is 32.2. The Balaban J connectivity index is 1.30. The smallest absolute Gasteiger partial charge is 0.267 e.